The summed E-state index contributed by atoms with van der Waals surface area (Å²) in [6.45, 7) is 4.51. The maximum Gasteiger partial charge on any atom is 0.00924 e. The van der Waals surface area contributed by atoms with Gasteiger partial charge in [-0.25, -0.2) is 0 Å². The van der Waals surface area contributed by atoms with Crippen LogP contribution in [0, 0.1) is 11.3 Å². The average molecular weight is 238 g/mol. The molecular weight excluding hydrogens is 208 g/mol. The van der Waals surface area contributed by atoms with Gasteiger partial charge in [0.15, 0.2) is 0 Å². The Morgan fingerprint density at radius 2 is 1.71 bits per heavy atom. The Bertz CT molecular complexity index is 225. The van der Waals surface area contributed by atoms with Gasteiger partial charge in [-0.2, -0.15) is 0 Å². The zero-order valence-corrected chi connectivity index (χ0v) is 11.8. The monoisotopic (exact) mass is 238 g/mol. The quantitative estimate of drug-likeness (QED) is 0.816. The first-order valence-corrected chi connectivity index (χ1v) is 7.55. The van der Waals surface area contributed by atoms with Crippen molar-refractivity contribution >= 4 is 0 Å². The van der Waals surface area contributed by atoms with E-state index in [2.05, 4.69) is 18.9 Å². The summed E-state index contributed by atoms with van der Waals surface area (Å²) in [5, 5.41) is 0. The van der Waals surface area contributed by atoms with Gasteiger partial charge in [-0.1, -0.05) is 32.6 Å². The summed E-state index contributed by atoms with van der Waals surface area (Å²) in [5.41, 5.74) is 6.54. The minimum absolute atomic E-state index is 0.434. The topological polar surface area (TPSA) is 29.3 Å². The molecule has 2 nitrogen and oxygen atoms in total. The molecule has 0 spiro atoms. The molecule has 2 aliphatic carbocycles. The van der Waals surface area contributed by atoms with Crippen LogP contribution in [-0.4, -0.2) is 31.1 Å². The van der Waals surface area contributed by atoms with Gasteiger partial charge in [0.1, 0.15) is 0 Å². The molecule has 2 aliphatic rings. The zero-order chi connectivity index (χ0) is 12.3. The molecule has 0 bridgehead atoms. The van der Waals surface area contributed by atoms with Crippen LogP contribution in [0.2, 0.25) is 0 Å². The van der Waals surface area contributed by atoms with Crippen molar-refractivity contribution in [3.05, 3.63) is 0 Å². The molecule has 0 aromatic rings. The highest BCUT2D eigenvalue weighted by atomic mass is 15.1. The summed E-state index contributed by atoms with van der Waals surface area (Å²) in [6.07, 6.45) is 11.2. The van der Waals surface area contributed by atoms with Crippen LogP contribution in [0.1, 0.15) is 58.3 Å². The third-order valence-corrected chi connectivity index (χ3v) is 5.30. The number of nitrogens with two attached hydrogens (primary N) is 1. The standard InChI is InChI=1S/C15H30N2/c1-13-7-9-15(11-16,10-8-13)12-17(2)14-5-3-4-6-14/h13-14H,3-12,16H2,1-2H3. The van der Waals surface area contributed by atoms with E-state index in [0.717, 1.165) is 18.5 Å². The summed E-state index contributed by atoms with van der Waals surface area (Å²) in [6, 6.07) is 0.845. The molecule has 0 aromatic heterocycles. The first-order valence-electron chi connectivity index (χ1n) is 7.55. The number of rotatable bonds is 4. The first-order chi connectivity index (χ1) is 8.15. The van der Waals surface area contributed by atoms with Gasteiger partial charge in [-0.05, 0) is 50.6 Å². The molecule has 2 fully saturated rings. The second kappa shape index (κ2) is 5.71. The smallest absolute Gasteiger partial charge is 0.00924 e. The average Bonchev–Trinajstić information content (AvgIpc) is 2.86. The van der Waals surface area contributed by atoms with Crippen molar-refractivity contribution in [1.29, 1.82) is 0 Å². The molecule has 0 saturated heterocycles. The highest BCUT2D eigenvalue weighted by molar-refractivity contribution is 4.89. The van der Waals surface area contributed by atoms with Crippen molar-refractivity contribution in [3.8, 4) is 0 Å². The van der Waals surface area contributed by atoms with Gasteiger partial charge in [0.25, 0.3) is 0 Å². The summed E-state index contributed by atoms with van der Waals surface area (Å²) >= 11 is 0. The lowest BCUT2D eigenvalue weighted by Gasteiger charge is -2.42. The molecule has 2 N–H and O–H groups in total. The maximum atomic E-state index is 6.10. The van der Waals surface area contributed by atoms with Crippen molar-refractivity contribution in [3.63, 3.8) is 0 Å². The molecular formula is C15H30N2. The second-order valence-corrected chi connectivity index (χ2v) is 6.74. The lowest BCUT2D eigenvalue weighted by atomic mass is 9.70. The van der Waals surface area contributed by atoms with Crippen molar-refractivity contribution in [2.45, 2.75) is 64.3 Å². The fourth-order valence-corrected chi connectivity index (χ4v) is 3.80. The van der Waals surface area contributed by atoms with Crippen LogP contribution in [0.3, 0.4) is 0 Å². The van der Waals surface area contributed by atoms with Gasteiger partial charge in [0.05, 0.1) is 0 Å². The van der Waals surface area contributed by atoms with Gasteiger partial charge < -0.3 is 10.6 Å². The van der Waals surface area contributed by atoms with Gasteiger partial charge in [0.2, 0.25) is 0 Å². The van der Waals surface area contributed by atoms with Crippen LogP contribution in [0.5, 0.6) is 0 Å². The third-order valence-electron chi connectivity index (χ3n) is 5.30. The minimum Gasteiger partial charge on any atom is -0.330 e. The predicted octanol–water partition coefficient (Wildman–Crippen LogP) is 3.02. The van der Waals surface area contributed by atoms with E-state index in [0.29, 0.717) is 5.41 Å². The Hall–Kier alpha value is -0.0800. The molecule has 0 amide bonds. The number of nitrogens with zero attached hydrogens (tertiary/aromatic N) is 1. The van der Waals surface area contributed by atoms with Gasteiger partial charge in [0, 0.05) is 12.6 Å². The van der Waals surface area contributed by atoms with E-state index < -0.39 is 0 Å². The molecule has 0 atom stereocenters. The van der Waals surface area contributed by atoms with E-state index in [1.165, 1.54) is 57.9 Å². The summed E-state index contributed by atoms with van der Waals surface area (Å²) in [5.74, 6) is 0.923. The van der Waals surface area contributed by atoms with Crippen LogP contribution >= 0.6 is 0 Å². The van der Waals surface area contributed by atoms with Crippen LogP contribution in [0.25, 0.3) is 0 Å². The molecule has 0 unspecified atom stereocenters. The highest BCUT2D eigenvalue weighted by Crippen LogP contribution is 2.39. The second-order valence-electron chi connectivity index (χ2n) is 6.74. The molecule has 2 rings (SSSR count). The van der Waals surface area contributed by atoms with Gasteiger partial charge in [-0.15, -0.1) is 0 Å². The van der Waals surface area contributed by atoms with Crippen LogP contribution in [0.4, 0.5) is 0 Å². The molecule has 0 heterocycles. The Morgan fingerprint density at radius 1 is 1.12 bits per heavy atom. The summed E-state index contributed by atoms with van der Waals surface area (Å²) < 4.78 is 0. The van der Waals surface area contributed by atoms with E-state index in [-0.39, 0.29) is 0 Å². The summed E-state index contributed by atoms with van der Waals surface area (Å²) in [4.78, 5) is 2.62. The van der Waals surface area contributed by atoms with Gasteiger partial charge >= 0.3 is 0 Å². The Morgan fingerprint density at radius 3 is 2.24 bits per heavy atom. The summed E-state index contributed by atoms with van der Waals surface area (Å²) in [7, 11) is 2.32. The van der Waals surface area contributed by atoms with E-state index in [1.54, 1.807) is 0 Å². The lowest BCUT2D eigenvalue weighted by molar-refractivity contribution is 0.0874. The van der Waals surface area contributed by atoms with Crippen LogP contribution in [0.15, 0.2) is 0 Å². The van der Waals surface area contributed by atoms with E-state index in [9.17, 15) is 0 Å². The normalized spacial score (nSPS) is 35.6. The van der Waals surface area contributed by atoms with Crippen molar-refractivity contribution < 1.29 is 0 Å². The Balaban J connectivity index is 1.89. The van der Waals surface area contributed by atoms with Crippen molar-refractivity contribution in [1.82, 2.24) is 4.90 Å². The molecule has 2 heteroatoms. The lowest BCUT2D eigenvalue weighted by Crippen LogP contribution is -2.46. The molecule has 17 heavy (non-hydrogen) atoms. The Kier molecular flexibility index (Phi) is 4.48. The van der Waals surface area contributed by atoms with Gasteiger partial charge in [-0.3, -0.25) is 0 Å². The largest absolute Gasteiger partial charge is 0.330 e. The van der Waals surface area contributed by atoms with Crippen molar-refractivity contribution in [2.75, 3.05) is 20.1 Å². The minimum atomic E-state index is 0.434. The number of hydrogen-bond donors (Lipinski definition) is 1. The molecule has 100 valence electrons. The van der Waals surface area contributed by atoms with Crippen molar-refractivity contribution in [2.24, 2.45) is 17.1 Å². The highest BCUT2D eigenvalue weighted by Gasteiger charge is 2.35. The van der Waals surface area contributed by atoms with E-state index >= 15 is 0 Å². The molecule has 0 aromatic carbocycles. The molecule has 2 saturated carbocycles. The van der Waals surface area contributed by atoms with E-state index in [4.69, 9.17) is 5.73 Å². The Labute approximate surface area is 107 Å². The van der Waals surface area contributed by atoms with Crippen LogP contribution < -0.4 is 5.73 Å². The predicted molar refractivity (Wildman–Crippen MR) is 74.0 cm³/mol. The fraction of sp³-hybridized carbons (Fsp3) is 1.00. The maximum absolute atomic E-state index is 6.10. The third kappa shape index (κ3) is 3.23. The SMILES string of the molecule is CC1CCC(CN)(CN(C)C2CCCC2)CC1. The van der Waals surface area contributed by atoms with E-state index in [1.807, 2.05) is 0 Å². The zero-order valence-electron chi connectivity index (χ0n) is 11.8. The van der Waals surface area contributed by atoms with Crippen LogP contribution in [-0.2, 0) is 0 Å². The fourth-order valence-electron chi connectivity index (χ4n) is 3.80. The molecule has 0 radical (unpaired) electrons. The molecule has 0 aliphatic heterocycles. The first kappa shape index (κ1) is 13.4. The number of hydrogen-bond acceptors (Lipinski definition) is 2.